The number of nitrogens with one attached hydrogen (secondary N) is 1. The second-order valence-electron chi connectivity index (χ2n) is 3.41. The molecule has 0 radical (unpaired) electrons. The number of ether oxygens (including phenoxy) is 1. The first kappa shape index (κ1) is 12.1. The molecule has 0 bridgehead atoms. The van der Waals surface area contributed by atoms with Gasteiger partial charge in [-0.25, -0.2) is 0 Å². The Morgan fingerprint density at radius 1 is 1.67 bits per heavy atom. The third kappa shape index (κ3) is 2.06. The molecule has 6 nitrogen and oxygen atoms in total. The highest BCUT2D eigenvalue weighted by Gasteiger charge is 2.17. The van der Waals surface area contributed by atoms with Gasteiger partial charge in [-0.05, 0) is 11.4 Å². The summed E-state index contributed by atoms with van der Waals surface area (Å²) in [6, 6.07) is 3.69. The van der Waals surface area contributed by atoms with Crippen molar-refractivity contribution >= 4 is 23.1 Å². The van der Waals surface area contributed by atoms with Crippen LogP contribution in [0.4, 0.5) is 5.82 Å². The first-order valence-corrected chi connectivity index (χ1v) is 5.90. The van der Waals surface area contributed by atoms with Crippen LogP contribution < -0.4 is 10.1 Å². The number of nitriles is 1. The quantitative estimate of drug-likeness (QED) is 0.911. The minimum atomic E-state index is -0.318. The van der Waals surface area contributed by atoms with Crippen LogP contribution in [0.15, 0.2) is 17.6 Å². The van der Waals surface area contributed by atoms with Gasteiger partial charge >= 0.3 is 0 Å². The van der Waals surface area contributed by atoms with Gasteiger partial charge in [0.25, 0.3) is 5.91 Å². The summed E-state index contributed by atoms with van der Waals surface area (Å²) in [5.41, 5.74) is 0.321. The molecule has 2 aromatic rings. The molecule has 1 N–H and O–H groups in total. The fourth-order valence-electron chi connectivity index (χ4n) is 1.46. The molecule has 0 spiro atoms. The molecule has 2 heterocycles. The lowest BCUT2D eigenvalue weighted by Gasteiger charge is -2.06. The van der Waals surface area contributed by atoms with Crippen molar-refractivity contribution in [1.82, 2.24) is 9.78 Å². The van der Waals surface area contributed by atoms with Crippen LogP contribution in [0, 0.1) is 11.3 Å². The van der Waals surface area contributed by atoms with Crippen LogP contribution in [-0.2, 0) is 7.05 Å². The molecule has 0 aliphatic carbocycles. The third-order valence-corrected chi connectivity index (χ3v) is 3.24. The van der Waals surface area contributed by atoms with Crippen molar-refractivity contribution in [2.45, 2.75) is 0 Å². The highest BCUT2D eigenvalue weighted by atomic mass is 32.1. The largest absolute Gasteiger partial charge is 0.495 e. The topological polar surface area (TPSA) is 79.9 Å². The van der Waals surface area contributed by atoms with Gasteiger partial charge in [0.15, 0.2) is 0 Å². The van der Waals surface area contributed by atoms with Crippen LogP contribution in [0.25, 0.3) is 0 Å². The number of carbonyl (C=O) groups excluding carboxylic acids is 1. The maximum atomic E-state index is 12.0. The van der Waals surface area contributed by atoms with Gasteiger partial charge in [0.1, 0.15) is 28.1 Å². The normalized spacial score (nSPS) is 9.83. The molecular weight excluding hydrogens is 252 g/mol. The maximum Gasteiger partial charge on any atom is 0.270 e. The molecule has 7 heteroatoms. The summed E-state index contributed by atoms with van der Waals surface area (Å²) in [7, 11) is 3.16. The number of carbonyl (C=O) groups is 1. The first-order valence-electron chi connectivity index (χ1n) is 5.02. The van der Waals surface area contributed by atoms with Crippen molar-refractivity contribution in [2.24, 2.45) is 7.05 Å². The summed E-state index contributed by atoms with van der Waals surface area (Å²) in [6.07, 6.45) is 1.40. The minimum Gasteiger partial charge on any atom is -0.495 e. The highest BCUT2D eigenvalue weighted by molar-refractivity contribution is 7.12. The molecule has 1 amide bonds. The number of aromatic nitrogens is 2. The monoisotopic (exact) mass is 262 g/mol. The van der Waals surface area contributed by atoms with Gasteiger partial charge in [0.05, 0.1) is 13.3 Å². The molecule has 0 atom stereocenters. The Balaban J connectivity index is 2.27. The predicted octanol–water partition coefficient (Wildman–Crippen LogP) is 1.61. The molecule has 0 aromatic carbocycles. The molecule has 2 aromatic heterocycles. The van der Waals surface area contributed by atoms with Crippen LogP contribution in [0.2, 0.25) is 0 Å². The molecule has 0 aliphatic rings. The number of thiophene rings is 1. The second-order valence-corrected chi connectivity index (χ2v) is 4.33. The van der Waals surface area contributed by atoms with E-state index in [0.29, 0.717) is 22.0 Å². The summed E-state index contributed by atoms with van der Waals surface area (Å²) >= 11 is 1.27. The van der Waals surface area contributed by atoms with Crippen molar-refractivity contribution < 1.29 is 9.53 Å². The molecule has 0 fully saturated rings. The highest BCUT2D eigenvalue weighted by Crippen LogP contribution is 2.25. The van der Waals surface area contributed by atoms with Gasteiger partial charge in [-0.2, -0.15) is 10.4 Å². The number of aryl methyl sites for hydroxylation is 1. The Kier molecular flexibility index (Phi) is 3.30. The molecule has 0 aliphatic heterocycles. The Hall–Kier alpha value is -2.33. The fourth-order valence-corrected chi connectivity index (χ4v) is 2.21. The molecular formula is C11H10N4O2S. The number of amides is 1. The Bertz CT molecular complexity index is 623. The number of nitrogens with zero attached hydrogens (tertiary/aromatic N) is 3. The van der Waals surface area contributed by atoms with Gasteiger partial charge in [-0.1, -0.05) is 0 Å². The van der Waals surface area contributed by atoms with Crippen molar-refractivity contribution in [3.63, 3.8) is 0 Å². The summed E-state index contributed by atoms with van der Waals surface area (Å²) < 4.78 is 6.52. The van der Waals surface area contributed by atoms with Crippen LogP contribution in [0.5, 0.6) is 5.75 Å². The number of anilines is 1. The molecule has 0 unspecified atom stereocenters. The van der Waals surface area contributed by atoms with Gasteiger partial charge in [-0.3, -0.25) is 9.48 Å². The fraction of sp³-hybridized carbons (Fsp3) is 0.182. The van der Waals surface area contributed by atoms with Gasteiger partial charge < -0.3 is 10.1 Å². The Labute approximate surface area is 107 Å². The average Bonchev–Trinajstić information content (AvgIpc) is 2.97. The van der Waals surface area contributed by atoms with E-state index in [1.165, 1.54) is 29.3 Å². The van der Waals surface area contributed by atoms with E-state index in [4.69, 9.17) is 10.00 Å². The predicted molar refractivity (Wildman–Crippen MR) is 66.7 cm³/mol. The zero-order valence-corrected chi connectivity index (χ0v) is 10.6. The van der Waals surface area contributed by atoms with E-state index in [1.54, 1.807) is 18.5 Å². The summed E-state index contributed by atoms with van der Waals surface area (Å²) in [6.45, 7) is 0. The van der Waals surface area contributed by atoms with Crippen LogP contribution in [-0.4, -0.2) is 22.8 Å². The molecule has 18 heavy (non-hydrogen) atoms. The lowest BCUT2D eigenvalue weighted by molar-refractivity contribution is 0.102. The van der Waals surface area contributed by atoms with Crippen LogP contribution >= 0.6 is 11.3 Å². The molecule has 0 saturated heterocycles. The van der Waals surface area contributed by atoms with Crippen molar-refractivity contribution in [3.05, 3.63) is 28.1 Å². The summed E-state index contributed by atoms with van der Waals surface area (Å²) in [4.78, 5) is 12.5. The second kappa shape index (κ2) is 4.89. The lowest BCUT2D eigenvalue weighted by Crippen LogP contribution is -2.14. The van der Waals surface area contributed by atoms with E-state index in [2.05, 4.69) is 10.4 Å². The number of hydrogen-bond donors (Lipinski definition) is 1. The van der Waals surface area contributed by atoms with E-state index in [-0.39, 0.29) is 5.91 Å². The van der Waals surface area contributed by atoms with Crippen molar-refractivity contribution in [2.75, 3.05) is 12.4 Å². The Morgan fingerprint density at radius 3 is 3.11 bits per heavy atom. The summed E-state index contributed by atoms with van der Waals surface area (Å²) in [5.74, 6) is 0.568. The van der Waals surface area contributed by atoms with E-state index in [0.717, 1.165) is 0 Å². The first-order chi connectivity index (χ1) is 8.67. The minimum absolute atomic E-state index is 0.318. The SMILES string of the molecule is COc1ccsc1C(=O)Nc1c(C#N)cnn1C. The van der Waals surface area contributed by atoms with E-state index in [1.807, 2.05) is 6.07 Å². The van der Waals surface area contributed by atoms with Crippen molar-refractivity contribution in [1.29, 1.82) is 5.26 Å². The summed E-state index contributed by atoms with van der Waals surface area (Å²) in [5, 5.41) is 17.2. The lowest BCUT2D eigenvalue weighted by atomic mass is 10.3. The van der Waals surface area contributed by atoms with Gasteiger partial charge in [0, 0.05) is 7.05 Å². The third-order valence-electron chi connectivity index (χ3n) is 2.35. The van der Waals surface area contributed by atoms with E-state index in [9.17, 15) is 4.79 Å². The average molecular weight is 262 g/mol. The number of methoxy groups -OCH3 is 1. The molecule has 0 saturated carbocycles. The molecule has 92 valence electrons. The zero-order chi connectivity index (χ0) is 13.1. The standard InChI is InChI=1S/C11H10N4O2S/c1-15-10(7(5-12)6-13-15)14-11(16)9-8(17-2)3-4-18-9/h3-4,6H,1-2H3,(H,14,16). The van der Waals surface area contributed by atoms with Gasteiger partial charge in [0.2, 0.25) is 0 Å². The molecule has 2 rings (SSSR count). The smallest absolute Gasteiger partial charge is 0.270 e. The van der Waals surface area contributed by atoms with E-state index < -0.39 is 0 Å². The van der Waals surface area contributed by atoms with Crippen LogP contribution in [0.3, 0.4) is 0 Å². The van der Waals surface area contributed by atoms with Crippen LogP contribution in [0.1, 0.15) is 15.2 Å². The Morgan fingerprint density at radius 2 is 2.44 bits per heavy atom. The van der Waals surface area contributed by atoms with Crippen molar-refractivity contribution in [3.8, 4) is 11.8 Å². The van der Waals surface area contributed by atoms with E-state index >= 15 is 0 Å². The number of hydrogen-bond acceptors (Lipinski definition) is 5. The number of rotatable bonds is 3. The zero-order valence-electron chi connectivity index (χ0n) is 9.80. The van der Waals surface area contributed by atoms with Gasteiger partial charge in [-0.15, -0.1) is 11.3 Å². The maximum absolute atomic E-state index is 12.0.